The maximum Gasteiger partial charge on any atom is 0.136 e. The van der Waals surface area contributed by atoms with Crippen molar-refractivity contribution in [2.45, 2.75) is 0 Å². The number of nitrogens with zero attached hydrogens (tertiary/aromatic N) is 1. The van der Waals surface area contributed by atoms with Gasteiger partial charge in [-0.3, -0.25) is 0 Å². The van der Waals surface area contributed by atoms with E-state index in [4.69, 9.17) is 4.42 Å². The molecule has 10 rings (SSSR count). The predicted molar refractivity (Wildman–Crippen MR) is 228 cm³/mol. The van der Waals surface area contributed by atoms with Crippen LogP contribution in [0.3, 0.4) is 0 Å². The van der Waals surface area contributed by atoms with E-state index in [0.29, 0.717) is 0 Å². The van der Waals surface area contributed by atoms with E-state index in [1.54, 1.807) is 0 Å². The molecule has 1 aromatic heterocycles. The zero-order chi connectivity index (χ0) is 35.8. The van der Waals surface area contributed by atoms with Gasteiger partial charge in [-0.2, -0.15) is 0 Å². The smallest absolute Gasteiger partial charge is 0.136 e. The van der Waals surface area contributed by atoms with Crippen molar-refractivity contribution in [3.05, 3.63) is 212 Å². The van der Waals surface area contributed by atoms with Crippen LogP contribution in [0.25, 0.3) is 77.2 Å². The third-order valence-corrected chi connectivity index (χ3v) is 10.5. The van der Waals surface area contributed by atoms with Gasteiger partial charge in [-0.15, -0.1) is 0 Å². The van der Waals surface area contributed by atoms with Crippen molar-refractivity contribution in [3.8, 4) is 44.5 Å². The van der Waals surface area contributed by atoms with Crippen LogP contribution in [0.15, 0.2) is 217 Å². The Kier molecular flexibility index (Phi) is 7.85. The molecule has 0 aliphatic heterocycles. The van der Waals surface area contributed by atoms with Gasteiger partial charge in [-0.05, 0) is 110 Å². The molecule has 0 unspecified atom stereocenters. The van der Waals surface area contributed by atoms with Gasteiger partial charge >= 0.3 is 0 Å². The van der Waals surface area contributed by atoms with E-state index in [1.165, 1.54) is 49.9 Å². The molecule has 0 N–H and O–H groups in total. The highest BCUT2D eigenvalue weighted by Crippen LogP contribution is 2.44. The van der Waals surface area contributed by atoms with Crippen LogP contribution in [-0.2, 0) is 0 Å². The molecule has 10 aromatic rings. The Labute approximate surface area is 314 Å². The molecule has 0 fully saturated rings. The Balaban J connectivity index is 1.12. The highest BCUT2D eigenvalue weighted by Gasteiger charge is 2.19. The molecule has 0 saturated carbocycles. The van der Waals surface area contributed by atoms with Crippen LogP contribution in [0.1, 0.15) is 0 Å². The number of furan rings is 1. The second-order valence-electron chi connectivity index (χ2n) is 13.7. The van der Waals surface area contributed by atoms with Gasteiger partial charge in [0.15, 0.2) is 0 Å². The van der Waals surface area contributed by atoms with Gasteiger partial charge in [0.2, 0.25) is 0 Å². The van der Waals surface area contributed by atoms with Gasteiger partial charge < -0.3 is 9.32 Å². The Morgan fingerprint density at radius 2 is 0.833 bits per heavy atom. The first-order valence-electron chi connectivity index (χ1n) is 18.4. The van der Waals surface area contributed by atoms with Crippen LogP contribution in [-0.4, -0.2) is 0 Å². The van der Waals surface area contributed by atoms with Gasteiger partial charge in [0.1, 0.15) is 11.2 Å². The summed E-state index contributed by atoms with van der Waals surface area (Å²) < 4.78 is 6.28. The number of hydrogen-bond donors (Lipinski definition) is 0. The molecule has 0 atom stereocenters. The van der Waals surface area contributed by atoms with E-state index in [9.17, 15) is 0 Å². The van der Waals surface area contributed by atoms with Crippen molar-refractivity contribution < 1.29 is 4.42 Å². The first-order chi connectivity index (χ1) is 26.8. The Morgan fingerprint density at radius 1 is 0.278 bits per heavy atom. The third-order valence-electron chi connectivity index (χ3n) is 10.5. The van der Waals surface area contributed by atoms with Crippen LogP contribution < -0.4 is 4.90 Å². The van der Waals surface area contributed by atoms with Crippen molar-refractivity contribution in [1.82, 2.24) is 0 Å². The normalized spacial score (nSPS) is 11.3. The van der Waals surface area contributed by atoms with E-state index in [-0.39, 0.29) is 0 Å². The Bertz CT molecular complexity index is 2910. The summed E-state index contributed by atoms with van der Waals surface area (Å²) in [6, 6.07) is 75.9. The van der Waals surface area contributed by atoms with Crippen molar-refractivity contribution in [1.29, 1.82) is 0 Å². The molecule has 0 bridgehead atoms. The SMILES string of the molecule is c1ccc(-c2ccccc2-c2ccc(N(c3ccccc3)c3ccc(-c4cccc5cc6oc7ccccc7c6cc45)c(-c4ccccc4)c3)cc2)cc1. The molecule has 0 radical (unpaired) electrons. The lowest BCUT2D eigenvalue weighted by molar-refractivity contribution is 0.669. The van der Waals surface area contributed by atoms with Gasteiger partial charge in [0, 0.05) is 27.8 Å². The molecule has 0 amide bonds. The maximum atomic E-state index is 6.28. The lowest BCUT2D eigenvalue weighted by atomic mass is 9.90. The minimum absolute atomic E-state index is 0.910. The molecule has 9 aromatic carbocycles. The minimum Gasteiger partial charge on any atom is -0.456 e. The van der Waals surface area contributed by atoms with E-state index in [2.05, 4.69) is 205 Å². The first kappa shape index (κ1) is 31.6. The summed E-state index contributed by atoms with van der Waals surface area (Å²) >= 11 is 0. The monoisotopic (exact) mass is 689 g/mol. The summed E-state index contributed by atoms with van der Waals surface area (Å²) in [5, 5.41) is 4.62. The van der Waals surface area contributed by atoms with E-state index >= 15 is 0 Å². The average Bonchev–Trinajstić information content (AvgIpc) is 3.61. The van der Waals surface area contributed by atoms with Gasteiger partial charge in [0.25, 0.3) is 0 Å². The number of rotatable bonds is 7. The highest BCUT2D eigenvalue weighted by atomic mass is 16.3. The van der Waals surface area contributed by atoms with E-state index in [1.807, 2.05) is 12.1 Å². The van der Waals surface area contributed by atoms with Crippen LogP contribution in [0.5, 0.6) is 0 Å². The molecule has 0 saturated heterocycles. The average molecular weight is 690 g/mol. The number of benzene rings is 9. The predicted octanol–water partition coefficient (Wildman–Crippen LogP) is 14.9. The van der Waals surface area contributed by atoms with Crippen LogP contribution in [0, 0.1) is 0 Å². The zero-order valence-electron chi connectivity index (χ0n) is 29.6. The molecule has 254 valence electrons. The summed E-state index contributed by atoms with van der Waals surface area (Å²) in [5.41, 5.74) is 14.7. The quantitative estimate of drug-likeness (QED) is 0.166. The van der Waals surface area contributed by atoms with Gasteiger partial charge in [-0.25, -0.2) is 0 Å². The highest BCUT2D eigenvalue weighted by molar-refractivity contribution is 6.13. The molecule has 1 heterocycles. The second kappa shape index (κ2) is 13.4. The van der Waals surface area contributed by atoms with Crippen LogP contribution >= 0.6 is 0 Å². The fraction of sp³-hybridized carbons (Fsp3) is 0. The molecular weight excluding hydrogens is 655 g/mol. The Morgan fingerprint density at radius 3 is 1.56 bits per heavy atom. The van der Waals surface area contributed by atoms with Crippen molar-refractivity contribution in [3.63, 3.8) is 0 Å². The zero-order valence-corrected chi connectivity index (χ0v) is 29.6. The number of para-hydroxylation sites is 2. The number of hydrogen-bond acceptors (Lipinski definition) is 2. The Hall–Kier alpha value is -7.16. The summed E-state index contributed by atoms with van der Waals surface area (Å²) in [7, 11) is 0. The topological polar surface area (TPSA) is 16.4 Å². The molecule has 2 nitrogen and oxygen atoms in total. The maximum absolute atomic E-state index is 6.28. The molecule has 2 heteroatoms. The van der Waals surface area contributed by atoms with Gasteiger partial charge in [0.05, 0.1) is 0 Å². The number of anilines is 3. The lowest BCUT2D eigenvalue weighted by Gasteiger charge is -2.27. The summed E-state index contributed by atoms with van der Waals surface area (Å²) in [4.78, 5) is 2.35. The molecule has 0 aliphatic carbocycles. The fourth-order valence-corrected chi connectivity index (χ4v) is 7.91. The van der Waals surface area contributed by atoms with Crippen molar-refractivity contribution in [2.75, 3.05) is 4.90 Å². The number of fused-ring (bicyclic) bond motifs is 4. The fourth-order valence-electron chi connectivity index (χ4n) is 7.91. The molecule has 0 aliphatic rings. The molecule has 0 spiro atoms. The van der Waals surface area contributed by atoms with E-state index < -0.39 is 0 Å². The van der Waals surface area contributed by atoms with Crippen molar-refractivity contribution in [2.24, 2.45) is 0 Å². The van der Waals surface area contributed by atoms with Crippen LogP contribution in [0.4, 0.5) is 17.1 Å². The summed E-state index contributed by atoms with van der Waals surface area (Å²) in [6.45, 7) is 0. The lowest BCUT2D eigenvalue weighted by Crippen LogP contribution is -2.10. The third kappa shape index (κ3) is 5.62. The van der Waals surface area contributed by atoms with Crippen LogP contribution in [0.2, 0.25) is 0 Å². The standard InChI is InChI=1S/C52H35NO/c1-4-15-36(16-5-1)43-22-10-11-23-44(43)38-27-29-41(30-28-38)53(40-20-8-3-9-21-40)42-31-32-46(48(34-42)37-17-6-2-7-18-37)45-25-14-19-39-33-52-50(35-49(39)45)47-24-12-13-26-51(47)54-52/h1-35H. The molecular formula is C52H35NO. The minimum atomic E-state index is 0.910. The summed E-state index contributed by atoms with van der Waals surface area (Å²) in [5.74, 6) is 0. The second-order valence-corrected chi connectivity index (χ2v) is 13.7. The summed E-state index contributed by atoms with van der Waals surface area (Å²) in [6.07, 6.45) is 0. The first-order valence-corrected chi connectivity index (χ1v) is 18.4. The van der Waals surface area contributed by atoms with Crippen molar-refractivity contribution >= 4 is 49.8 Å². The largest absolute Gasteiger partial charge is 0.456 e. The van der Waals surface area contributed by atoms with E-state index in [0.717, 1.165) is 44.4 Å². The molecule has 54 heavy (non-hydrogen) atoms. The van der Waals surface area contributed by atoms with Gasteiger partial charge in [-0.1, -0.05) is 158 Å².